The van der Waals surface area contributed by atoms with Gasteiger partial charge in [-0.1, -0.05) is 42.0 Å². The zero-order chi connectivity index (χ0) is 13.9. The summed E-state index contributed by atoms with van der Waals surface area (Å²) in [7, 11) is 0. The van der Waals surface area contributed by atoms with Crippen molar-refractivity contribution in [2.75, 3.05) is 11.9 Å². The number of fused-ring (bicyclic) bond motifs is 1. The van der Waals surface area contributed by atoms with E-state index >= 15 is 0 Å². The summed E-state index contributed by atoms with van der Waals surface area (Å²) in [4.78, 5) is 4.41. The van der Waals surface area contributed by atoms with Gasteiger partial charge in [-0.05, 0) is 24.6 Å². The molecular formula is C14H13ClN4S. The molecule has 0 spiro atoms. The van der Waals surface area contributed by atoms with E-state index in [1.54, 1.807) is 11.3 Å². The number of nitrogens with one attached hydrogen (secondary N) is 1. The van der Waals surface area contributed by atoms with Crippen molar-refractivity contribution in [1.82, 2.24) is 15.2 Å². The lowest BCUT2D eigenvalue weighted by molar-refractivity contribution is 0.975. The van der Waals surface area contributed by atoms with E-state index in [4.69, 9.17) is 11.6 Å². The van der Waals surface area contributed by atoms with Crippen LogP contribution in [0.1, 0.15) is 13.3 Å². The Morgan fingerprint density at radius 1 is 1.20 bits per heavy atom. The Bertz CT molecular complexity index is 724. The summed E-state index contributed by atoms with van der Waals surface area (Å²) in [6, 6.07) is 9.60. The van der Waals surface area contributed by atoms with Gasteiger partial charge in [-0.2, -0.15) is 4.98 Å². The van der Waals surface area contributed by atoms with E-state index < -0.39 is 0 Å². The molecule has 1 N–H and O–H groups in total. The minimum atomic E-state index is 0.686. The topological polar surface area (TPSA) is 50.7 Å². The van der Waals surface area contributed by atoms with E-state index in [2.05, 4.69) is 27.4 Å². The molecule has 2 heterocycles. The first-order valence-corrected chi connectivity index (χ1v) is 7.60. The van der Waals surface area contributed by atoms with Crippen LogP contribution in [-0.4, -0.2) is 21.7 Å². The van der Waals surface area contributed by atoms with Gasteiger partial charge in [0, 0.05) is 17.1 Å². The number of benzene rings is 1. The van der Waals surface area contributed by atoms with Crippen molar-refractivity contribution in [3.8, 4) is 11.3 Å². The Hall–Kier alpha value is -1.72. The highest BCUT2D eigenvalue weighted by molar-refractivity contribution is 7.22. The molecule has 0 aliphatic rings. The molecule has 6 heteroatoms. The number of hydrogen-bond donors (Lipinski definition) is 1. The molecule has 0 fully saturated rings. The Labute approximate surface area is 125 Å². The van der Waals surface area contributed by atoms with Crippen LogP contribution in [0.15, 0.2) is 30.3 Å². The highest BCUT2D eigenvalue weighted by Gasteiger charge is 2.08. The summed E-state index contributed by atoms with van der Waals surface area (Å²) < 4.78 is 1.03. The van der Waals surface area contributed by atoms with Crippen LogP contribution in [0.2, 0.25) is 5.02 Å². The van der Waals surface area contributed by atoms with Crippen LogP contribution >= 0.6 is 22.9 Å². The first-order valence-electron chi connectivity index (χ1n) is 6.40. The number of rotatable bonds is 4. The average Bonchev–Trinajstić information content (AvgIpc) is 2.87. The number of anilines is 1. The molecule has 20 heavy (non-hydrogen) atoms. The van der Waals surface area contributed by atoms with Gasteiger partial charge in [0.25, 0.3) is 0 Å². The molecule has 1 aromatic carbocycles. The van der Waals surface area contributed by atoms with Crippen molar-refractivity contribution in [1.29, 1.82) is 0 Å². The lowest BCUT2D eigenvalue weighted by atomic mass is 10.1. The lowest BCUT2D eigenvalue weighted by Crippen LogP contribution is -1.98. The first kappa shape index (κ1) is 13.3. The van der Waals surface area contributed by atoms with Crippen molar-refractivity contribution in [2.45, 2.75) is 13.3 Å². The second kappa shape index (κ2) is 5.73. The lowest BCUT2D eigenvalue weighted by Gasteiger charge is -1.99. The number of nitrogens with zero attached hydrogens (tertiary/aromatic N) is 3. The van der Waals surface area contributed by atoms with Gasteiger partial charge < -0.3 is 5.32 Å². The normalized spacial score (nSPS) is 10.9. The van der Waals surface area contributed by atoms with Crippen molar-refractivity contribution in [3.05, 3.63) is 35.4 Å². The Kier molecular flexibility index (Phi) is 3.80. The molecule has 2 aromatic heterocycles. The van der Waals surface area contributed by atoms with E-state index in [1.165, 1.54) is 0 Å². The van der Waals surface area contributed by atoms with Crippen LogP contribution in [0.25, 0.3) is 21.6 Å². The van der Waals surface area contributed by atoms with Crippen LogP contribution in [0.5, 0.6) is 0 Å². The van der Waals surface area contributed by atoms with Crippen LogP contribution in [-0.2, 0) is 0 Å². The molecule has 4 nitrogen and oxygen atoms in total. The summed E-state index contributed by atoms with van der Waals surface area (Å²) in [6.07, 6.45) is 1.07. The maximum absolute atomic E-state index is 5.89. The Balaban J connectivity index is 1.95. The molecule has 0 unspecified atom stereocenters. The molecule has 3 rings (SSSR count). The second-order valence-corrected chi connectivity index (χ2v) is 5.84. The molecule has 102 valence electrons. The molecule has 0 saturated carbocycles. The maximum Gasteiger partial charge on any atom is 0.194 e. The fourth-order valence-corrected chi connectivity index (χ4v) is 2.80. The highest BCUT2D eigenvalue weighted by atomic mass is 35.5. The second-order valence-electron chi connectivity index (χ2n) is 4.37. The standard InChI is InChI=1S/C14H13ClN4S/c1-2-7-16-14-17-13-12(20-14)8-11(18-19-13)9-3-5-10(15)6-4-9/h3-6,8H,2,7H2,1H3,(H,16,17,19). The van der Waals surface area contributed by atoms with E-state index in [-0.39, 0.29) is 0 Å². The van der Waals surface area contributed by atoms with Crippen molar-refractivity contribution in [2.24, 2.45) is 0 Å². The fraction of sp³-hybridized carbons (Fsp3) is 0.214. The zero-order valence-corrected chi connectivity index (χ0v) is 12.5. The molecule has 0 aliphatic heterocycles. The van der Waals surface area contributed by atoms with E-state index in [0.717, 1.165) is 34.1 Å². The predicted molar refractivity (Wildman–Crippen MR) is 84.4 cm³/mol. The maximum atomic E-state index is 5.89. The van der Waals surface area contributed by atoms with Gasteiger partial charge in [0.1, 0.15) is 0 Å². The average molecular weight is 305 g/mol. The summed E-state index contributed by atoms with van der Waals surface area (Å²) >= 11 is 7.49. The minimum absolute atomic E-state index is 0.686. The summed E-state index contributed by atoms with van der Waals surface area (Å²) in [5.41, 5.74) is 2.52. The molecule has 3 aromatic rings. The smallest absolute Gasteiger partial charge is 0.194 e. The van der Waals surface area contributed by atoms with Crippen LogP contribution in [0.4, 0.5) is 5.13 Å². The van der Waals surface area contributed by atoms with Crippen LogP contribution < -0.4 is 5.32 Å². The third-order valence-corrected chi connectivity index (χ3v) is 4.02. The zero-order valence-electron chi connectivity index (χ0n) is 10.9. The molecule has 0 radical (unpaired) electrons. The Morgan fingerprint density at radius 2 is 2.00 bits per heavy atom. The van der Waals surface area contributed by atoms with Gasteiger partial charge in [-0.25, -0.2) is 0 Å². The third kappa shape index (κ3) is 2.73. The molecule has 0 bridgehead atoms. The van der Waals surface area contributed by atoms with E-state index in [1.807, 2.05) is 30.3 Å². The fourth-order valence-electron chi connectivity index (χ4n) is 1.81. The summed E-state index contributed by atoms with van der Waals surface area (Å²) in [5, 5.41) is 13.3. The largest absolute Gasteiger partial charge is 0.361 e. The number of thiazole rings is 1. The van der Waals surface area contributed by atoms with Gasteiger partial charge in [0.15, 0.2) is 10.8 Å². The van der Waals surface area contributed by atoms with Gasteiger partial charge in [-0.3, -0.25) is 0 Å². The Morgan fingerprint density at radius 3 is 2.75 bits per heavy atom. The summed E-state index contributed by atoms with van der Waals surface area (Å²) in [5.74, 6) is 0. The highest BCUT2D eigenvalue weighted by Crippen LogP contribution is 2.28. The van der Waals surface area contributed by atoms with E-state index in [9.17, 15) is 0 Å². The predicted octanol–water partition coefficient (Wildman–Crippen LogP) is 4.23. The summed E-state index contributed by atoms with van der Waals surface area (Å²) in [6.45, 7) is 3.04. The van der Waals surface area contributed by atoms with Gasteiger partial charge in [-0.15, -0.1) is 10.2 Å². The van der Waals surface area contributed by atoms with Crippen molar-refractivity contribution >= 4 is 38.4 Å². The molecule has 0 saturated heterocycles. The molecule has 0 amide bonds. The van der Waals surface area contributed by atoms with Crippen LogP contribution in [0, 0.1) is 0 Å². The van der Waals surface area contributed by atoms with Crippen molar-refractivity contribution in [3.63, 3.8) is 0 Å². The number of halogens is 1. The molecular weight excluding hydrogens is 292 g/mol. The number of aromatic nitrogens is 3. The van der Waals surface area contributed by atoms with Gasteiger partial charge >= 0.3 is 0 Å². The third-order valence-electron chi connectivity index (χ3n) is 2.82. The quantitative estimate of drug-likeness (QED) is 0.783. The number of hydrogen-bond acceptors (Lipinski definition) is 5. The van der Waals surface area contributed by atoms with E-state index in [0.29, 0.717) is 10.7 Å². The molecule has 0 atom stereocenters. The molecule has 0 aliphatic carbocycles. The monoisotopic (exact) mass is 304 g/mol. The van der Waals surface area contributed by atoms with Gasteiger partial charge in [0.05, 0.1) is 10.4 Å². The van der Waals surface area contributed by atoms with Gasteiger partial charge in [0.2, 0.25) is 0 Å². The van der Waals surface area contributed by atoms with Crippen molar-refractivity contribution < 1.29 is 0 Å². The minimum Gasteiger partial charge on any atom is -0.361 e. The van der Waals surface area contributed by atoms with Crippen LogP contribution in [0.3, 0.4) is 0 Å². The SMILES string of the molecule is CCCNc1nc2nnc(-c3ccc(Cl)cc3)cc2s1. The first-order chi connectivity index (χ1) is 9.76.